The minimum absolute atomic E-state index is 0.0551. The van der Waals surface area contributed by atoms with Crippen molar-refractivity contribution in [3.8, 4) is 5.75 Å². The van der Waals surface area contributed by atoms with E-state index in [0.717, 1.165) is 18.6 Å². The van der Waals surface area contributed by atoms with Crippen molar-refractivity contribution < 1.29 is 14.3 Å². The number of hydrogen-bond acceptors (Lipinski definition) is 4. The van der Waals surface area contributed by atoms with Crippen LogP contribution >= 0.6 is 11.3 Å². The highest BCUT2D eigenvalue weighted by atomic mass is 32.1. The molecule has 1 atom stereocenters. The molecule has 138 valence electrons. The van der Waals surface area contributed by atoms with Crippen molar-refractivity contribution in [2.24, 2.45) is 0 Å². The lowest BCUT2D eigenvalue weighted by molar-refractivity contribution is -0.121. The van der Waals surface area contributed by atoms with Gasteiger partial charge in [-0.15, -0.1) is 11.3 Å². The Bertz CT molecular complexity index is 741. The van der Waals surface area contributed by atoms with Crippen LogP contribution in [0.3, 0.4) is 0 Å². The monoisotopic (exact) mass is 372 g/mol. The summed E-state index contributed by atoms with van der Waals surface area (Å²) in [5.74, 6) is 0.581. The van der Waals surface area contributed by atoms with Gasteiger partial charge in [0.05, 0.1) is 11.0 Å². The third-order valence-electron chi connectivity index (χ3n) is 4.29. The van der Waals surface area contributed by atoms with Crippen LogP contribution in [-0.4, -0.2) is 35.4 Å². The summed E-state index contributed by atoms with van der Waals surface area (Å²) in [5, 5.41) is 4.82. The first kappa shape index (κ1) is 18.5. The number of benzene rings is 1. The number of nitrogens with one attached hydrogen (secondary N) is 1. The van der Waals surface area contributed by atoms with Crippen molar-refractivity contribution in [1.29, 1.82) is 0 Å². The summed E-state index contributed by atoms with van der Waals surface area (Å²) in [4.78, 5) is 27.9. The van der Waals surface area contributed by atoms with Gasteiger partial charge in [0, 0.05) is 12.2 Å². The third-order valence-corrected chi connectivity index (χ3v) is 5.15. The van der Waals surface area contributed by atoms with Crippen molar-refractivity contribution in [3.05, 3.63) is 46.7 Å². The van der Waals surface area contributed by atoms with E-state index in [1.807, 2.05) is 55.6 Å². The summed E-state index contributed by atoms with van der Waals surface area (Å²) < 4.78 is 5.62. The number of nitrogens with zero attached hydrogens (tertiary/aromatic N) is 1. The first-order valence-corrected chi connectivity index (χ1v) is 9.84. The van der Waals surface area contributed by atoms with E-state index >= 15 is 0 Å². The molecule has 2 aromatic rings. The number of hydrogen-bond donors (Lipinski definition) is 1. The zero-order valence-electron chi connectivity index (χ0n) is 15.1. The number of ether oxygens (including phenoxy) is 1. The molecular weight excluding hydrogens is 348 g/mol. The van der Waals surface area contributed by atoms with Crippen molar-refractivity contribution in [2.75, 3.05) is 11.9 Å². The standard InChI is InChI=1S/C20H24N2O3S/c1-14(2)25-16-10-8-15(9-11-16)21-19(23)17-6-3-4-12-22(17)20(24)18-7-5-13-26-18/h5,7-11,13-14,17H,3-4,6,12H2,1-2H3,(H,21,23). The molecule has 1 unspecified atom stereocenters. The Kier molecular flexibility index (Phi) is 5.93. The summed E-state index contributed by atoms with van der Waals surface area (Å²) in [7, 11) is 0. The fourth-order valence-corrected chi connectivity index (χ4v) is 3.78. The van der Waals surface area contributed by atoms with Crippen LogP contribution in [0.1, 0.15) is 42.8 Å². The summed E-state index contributed by atoms with van der Waals surface area (Å²) >= 11 is 1.41. The highest BCUT2D eigenvalue weighted by Gasteiger charge is 2.33. The topological polar surface area (TPSA) is 58.6 Å². The Morgan fingerprint density at radius 2 is 1.96 bits per heavy atom. The van der Waals surface area contributed by atoms with E-state index in [0.29, 0.717) is 23.5 Å². The molecule has 2 amide bonds. The molecule has 1 N–H and O–H groups in total. The molecule has 1 aromatic heterocycles. The molecule has 0 saturated carbocycles. The van der Waals surface area contributed by atoms with Crippen molar-refractivity contribution >= 4 is 28.8 Å². The lowest BCUT2D eigenvalue weighted by Crippen LogP contribution is -2.49. The molecule has 0 aliphatic carbocycles. The van der Waals surface area contributed by atoms with E-state index in [2.05, 4.69) is 5.32 Å². The summed E-state index contributed by atoms with van der Waals surface area (Å²) in [6.07, 6.45) is 2.68. The minimum Gasteiger partial charge on any atom is -0.491 e. The van der Waals surface area contributed by atoms with Crippen molar-refractivity contribution in [3.63, 3.8) is 0 Å². The summed E-state index contributed by atoms with van der Waals surface area (Å²) in [6.45, 7) is 4.56. The molecule has 0 spiro atoms. The second-order valence-corrected chi connectivity index (χ2v) is 7.62. The molecule has 0 radical (unpaired) electrons. The molecule has 2 heterocycles. The minimum atomic E-state index is -0.426. The van der Waals surface area contributed by atoms with Crippen LogP contribution in [0.4, 0.5) is 5.69 Å². The van der Waals surface area contributed by atoms with Crippen molar-refractivity contribution in [1.82, 2.24) is 4.90 Å². The van der Waals surface area contributed by atoms with Gasteiger partial charge in [-0.05, 0) is 68.8 Å². The lowest BCUT2D eigenvalue weighted by Gasteiger charge is -2.34. The number of carbonyl (C=O) groups is 2. The van der Waals surface area contributed by atoms with Gasteiger partial charge in [-0.2, -0.15) is 0 Å². The van der Waals surface area contributed by atoms with Crippen LogP contribution in [0.15, 0.2) is 41.8 Å². The maximum Gasteiger partial charge on any atom is 0.264 e. The van der Waals surface area contributed by atoms with Crippen LogP contribution < -0.4 is 10.1 Å². The van der Waals surface area contributed by atoms with Gasteiger partial charge >= 0.3 is 0 Å². The first-order valence-electron chi connectivity index (χ1n) is 8.96. The van der Waals surface area contributed by atoms with Crippen LogP contribution in [-0.2, 0) is 4.79 Å². The predicted molar refractivity (Wildman–Crippen MR) is 104 cm³/mol. The molecule has 5 nitrogen and oxygen atoms in total. The number of likely N-dealkylation sites (tertiary alicyclic amines) is 1. The van der Waals surface area contributed by atoms with Crippen LogP contribution in [0.2, 0.25) is 0 Å². The largest absolute Gasteiger partial charge is 0.491 e. The smallest absolute Gasteiger partial charge is 0.264 e. The number of anilines is 1. The Morgan fingerprint density at radius 1 is 1.19 bits per heavy atom. The van der Waals surface area contributed by atoms with E-state index in [1.165, 1.54) is 11.3 Å². The molecule has 26 heavy (non-hydrogen) atoms. The van der Waals surface area contributed by atoms with Gasteiger partial charge in [0.15, 0.2) is 0 Å². The Balaban J connectivity index is 1.67. The maximum absolute atomic E-state index is 12.8. The maximum atomic E-state index is 12.8. The molecule has 1 aliphatic rings. The van der Waals surface area contributed by atoms with Gasteiger partial charge in [0.1, 0.15) is 11.8 Å². The summed E-state index contributed by atoms with van der Waals surface area (Å²) in [5.41, 5.74) is 0.709. The highest BCUT2D eigenvalue weighted by molar-refractivity contribution is 7.12. The number of piperidine rings is 1. The second kappa shape index (κ2) is 8.36. The average Bonchev–Trinajstić information content (AvgIpc) is 3.17. The van der Waals surface area contributed by atoms with E-state index in [4.69, 9.17) is 4.74 Å². The van der Waals surface area contributed by atoms with E-state index in [1.54, 1.807) is 4.90 Å². The van der Waals surface area contributed by atoms with E-state index in [9.17, 15) is 9.59 Å². The molecular formula is C20H24N2O3S. The van der Waals surface area contributed by atoms with Crippen molar-refractivity contribution in [2.45, 2.75) is 45.3 Å². The normalized spacial score (nSPS) is 17.2. The molecule has 6 heteroatoms. The molecule has 0 bridgehead atoms. The number of carbonyl (C=O) groups excluding carboxylic acids is 2. The van der Waals surface area contributed by atoms with Gasteiger partial charge < -0.3 is 15.0 Å². The van der Waals surface area contributed by atoms with Gasteiger partial charge in [-0.25, -0.2) is 0 Å². The molecule has 1 fully saturated rings. The average molecular weight is 372 g/mol. The molecule has 1 saturated heterocycles. The number of thiophene rings is 1. The Morgan fingerprint density at radius 3 is 2.62 bits per heavy atom. The van der Waals surface area contributed by atoms with E-state index < -0.39 is 6.04 Å². The highest BCUT2D eigenvalue weighted by Crippen LogP contribution is 2.23. The van der Waals surface area contributed by atoms with Crippen LogP contribution in [0.25, 0.3) is 0 Å². The summed E-state index contributed by atoms with van der Waals surface area (Å²) in [6, 6.07) is 10.6. The molecule has 1 aromatic carbocycles. The van der Waals surface area contributed by atoms with E-state index in [-0.39, 0.29) is 17.9 Å². The van der Waals surface area contributed by atoms with Gasteiger partial charge in [0.25, 0.3) is 5.91 Å². The lowest BCUT2D eigenvalue weighted by atomic mass is 10.0. The Labute approximate surface area is 158 Å². The van der Waals surface area contributed by atoms with Gasteiger partial charge in [0.2, 0.25) is 5.91 Å². The quantitative estimate of drug-likeness (QED) is 0.857. The fourth-order valence-electron chi connectivity index (χ4n) is 3.10. The SMILES string of the molecule is CC(C)Oc1ccc(NC(=O)C2CCCCN2C(=O)c2cccs2)cc1. The number of amides is 2. The third kappa shape index (κ3) is 4.43. The molecule has 3 rings (SSSR count). The second-order valence-electron chi connectivity index (χ2n) is 6.67. The zero-order valence-corrected chi connectivity index (χ0v) is 15.9. The zero-order chi connectivity index (χ0) is 18.5. The van der Waals surface area contributed by atoms with Crippen LogP contribution in [0.5, 0.6) is 5.75 Å². The van der Waals surface area contributed by atoms with Crippen LogP contribution in [0, 0.1) is 0 Å². The van der Waals surface area contributed by atoms with Gasteiger partial charge in [-0.1, -0.05) is 6.07 Å². The number of rotatable bonds is 5. The molecule has 1 aliphatic heterocycles. The van der Waals surface area contributed by atoms with Gasteiger partial charge in [-0.3, -0.25) is 9.59 Å². The Hall–Kier alpha value is -2.34. The first-order chi connectivity index (χ1) is 12.5. The fraction of sp³-hybridized carbons (Fsp3) is 0.400. The predicted octanol–water partition coefficient (Wildman–Crippen LogP) is 4.17.